The van der Waals surface area contributed by atoms with Crippen LogP contribution in [0.25, 0.3) is 11.3 Å². The molecule has 27 heavy (non-hydrogen) atoms. The molecule has 0 radical (unpaired) electrons. The minimum atomic E-state index is -0.789. The fraction of sp³-hybridized carbons (Fsp3) is 0.368. The average molecular weight is 371 g/mol. The molecule has 0 amide bonds. The molecule has 2 aromatic heterocycles. The van der Waals surface area contributed by atoms with Crippen LogP contribution >= 0.6 is 0 Å². The maximum Gasteiger partial charge on any atom is 0.244 e. The number of benzene rings is 1. The van der Waals surface area contributed by atoms with Gasteiger partial charge in [-0.25, -0.2) is 4.39 Å². The highest BCUT2D eigenvalue weighted by molar-refractivity contribution is 5.95. The second-order valence-electron chi connectivity index (χ2n) is 6.90. The van der Waals surface area contributed by atoms with Gasteiger partial charge in [0.2, 0.25) is 11.8 Å². The lowest BCUT2D eigenvalue weighted by Crippen LogP contribution is -2.24. The van der Waals surface area contributed by atoms with Gasteiger partial charge in [-0.3, -0.25) is 4.79 Å². The first-order valence-corrected chi connectivity index (χ1v) is 8.77. The van der Waals surface area contributed by atoms with E-state index < -0.39 is 6.10 Å². The molecule has 140 valence electrons. The molecule has 4 rings (SSSR count). The predicted octanol–water partition coefficient (Wildman–Crippen LogP) is 3.68. The van der Waals surface area contributed by atoms with Crippen LogP contribution < -0.4 is 0 Å². The van der Waals surface area contributed by atoms with Crippen molar-refractivity contribution in [3.63, 3.8) is 0 Å². The molecule has 0 aliphatic heterocycles. The summed E-state index contributed by atoms with van der Waals surface area (Å²) >= 11 is 0. The van der Waals surface area contributed by atoms with Crippen LogP contribution in [0.15, 0.2) is 39.3 Å². The summed E-state index contributed by atoms with van der Waals surface area (Å²) in [7, 11) is 0. The van der Waals surface area contributed by atoms with Crippen LogP contribution in [-0.4, -0.2) is 26.2 Å². The van der Waals surface area contributed by atoms with Crippen LogP contribution in [0.2, 0.25) is 0 Å². The molecule has 0 spiro atoms. The van der Waals surface area contributed by atoms with Crippen molar-refractivity contribution in [2.75, 3.05) is 0 Å². The molecule has 0 unspecified atom stereocenters. The maximum absolute atomic E-state index is 13.3. The number of halogens is 1. The Balaban J connectivity index is 1.34. The van der Waals surface area contributed by atoms with E-state index in [9.17, 15) is 14.3 Å². The van der Waals surface area contributed by atoms with Gasteiger partial charge in [-0.2, -0.15) is 0 Å². The number of carbonyl (C=O) groups is 1. The summed E-state index contributed by atoms with van der Waals surface area (Å²) in [4.78, 5) is 12.4. The molecule has 1 atom stereocenters. The summed E-state index contributed by atoms with van der Waals surface area (Å²) in [5.74, 6) is 0.904. The lowest BCUT2D eigenvalue weighted by molar-refractivity contribution is 0.0905. The summed E-state index contributed by atoms with van der Waals surface area (Å²) in [5.41, 5.74) is 0.780. The van der Waals surface area contributed by atoms with E-state index in [4.69, 9.17) is 8.94 Å². The summed E-state index contributed by atoms with van der Waals surface area (Å²) in [6, 6.07) is 7.48. The van der Waals surface area contributed by atoms with Gasteiger partial charge < -0.3 is 14.0 Å². The number of carbonyl (C=O) groups excluding carboxylic acids is 1. The third-order valence-corrected chi connectivity index (χ3v) is 4.78. The summed E-state index contributed by atoms with van der Waals surface area (Å²) < 4.78 is 23.9. The normalized spacial score (nSPS) is 20.3. The summed E-state index contributed by atoms with van der Waals surface area (Å²) in [6.45, 7) is 1.57. The zero-order valence-corrected chi connectivity index (χ0v) is 14.6. The fourth-order valence-electron chi connectivity index (χ4n) is 3.24. The van der Waals surface area contributed by atoms with Crippen molar-refractivity contribution in [1.82, 2.24) is 15.4 Å². The SMILES string of the molecule is C[C@@H](O)c1nnc(C2CC(CC(=O)c3cc(-c4cccc(F)c4)on3)C2)o1. The van der Waals surface area contributed by atoms with Crippen molar-refractivity contribution < 1.29 is 23.2 Å². The van der Waals surface area contributed by atoms with Gasteiger partial charge in [0.25, 0.3) is 0 Å². The molecule has 1 aliphatic carbocycles. The molecule has 0 saturated heterocycles. The highest BCUT2D eigenvalue weighted by Crippen LogP contribution is 2.43. The topological polar surface area (TPSA) is 102 Å². The van der Waals surface area contributed by atoms with Crippen molar-refractivity contribution in [3.05, 3.63) is 53.6 Å². The first kappa shape index (κ1) is 17.5. The quantitative estimate of drug-likeness (QED) is 0.659. The fourth-order valence-corrected chi connectivity index (χ4v) is 3.24. The smallest absolute Gasteiger partial charge is 0.244 e. The van der Waals surface area contributed by atoms with Gasteiger partial charge in [0.15, 0.2) is 11.5 Å². The van der Waals surface area contributed by atoms with E-state index in [-0.39, 0.29) is 35.0 Å². The van der Waals surface area contributed by atoms with E-state index in [0.29, 0.717) is 23.6 Å². The summed E-state index contributed by atoms with van der Waals surface area (Å²) in [6.07, 6.45) is 1.09. The Bertz CT molecular complexity index is 959. The maximum atomic E-state index is 13.3. The van der Waals surface area contributed by atoms with E-state index in [0.717, 1.165) is 12.8 Å². The van der Waals surface area contributed by atoms with Crippen molar-refractivity contribution in [2.45, 2.75) is 38.2 Å². The highest BCUT2D eigenvalue weighted by atomic mass is 19.1. The van der Waals surface area contributed by atoms with Crippen LogP contribution in [0.5, 0.6) is 0 Å². The Hall–Kier alpha value is -2.87. The lowest BCUT2D eigenvalue weighted by Gasteiger charge is -2.32. The van der Waals surface area contributed by atoms with Gasteiger partial charge in [-0.1, -0.05) is 17.3 Å². The molecule has 8 heteroatoms. The van der Waals surface area contributed by atoms with Crippen LogP contribution in [0.4, 0.5) is 4.39 Å². The van der Waals surface area contributed by atoms with E-state index in [1.807, 2.05) is 0 Å². The van der Waals surface area contributed by atoms with Gasteiger partial charge in [-0.05, 0) is 37.8 Å². The number of ketones is 1. The van der Waals surface area contributed by atoms with Gasteiger partial charge >= 0.3 is 0 Å². The summed E-state index contributed by atoms with van der Waals surface area (Å²) in [5, 5.41) is 21.0. The number of Topliss-reactive ketones (excluding diaryl/α,β-unsaturated/α-hetero) is 1. The molecule has 1 saturated carbocycles. The Morgan fingerprint density at radius 3 is 2.85 bits per heavy atom. The number of hydrogen-bond acceptors (Lipinski definition) is 7. The molecule has 0 bridgehead atoms. The van der Waals surface area contributed by atoms with Crippen LogP contribution in [-0.2, 0) is 0 Å². The molecule has 2 heterocycles. The van der Waals surface area contributed by atoms with Gasteiger partial charge in [0, 0.05) is 24.0 Å². The number of nitrogens with zero attached hydrogens (tertiary/aromatic N) is 3. The van der Waals surface area contributed by atoms with Crippen LogP contribution in [0.3, 0.4) is 0 Å². The lowest BCUT2D eigenvalue weighted by atomic mass is 9.72. The Labute approximate surface area is 154 Å². The molecule has 7 nitrogen and oxygen atoms in total. The van der Waals surface area contributed by atoms with E-state index in [1.54, 1.807) is 25.1 Å². The van der Waals surface area contributed by atoms with E-state index >= 15 is 0 Å². The monoisotopic (exact) mass is 371 g/mol. The number of aromatic nitrogens is 3. The molecule has 1 aromatic carbocycles. The molecular formula is C19H18FN3O4. The Kier molecular flexibility index (Phi) is 4.57. The Morgan fingerprint density at radius 2 is 2.15 bits per heavy atom. The van der Waals surface area contributed by atoms with Crippen LogP contribution in [0, 0.1) is 11.7 Å². The van der Waals surface area contributed by atoms with Crippen molar-refractivity contribution in [2.24, 2.45) is 5.92 Å². The predicted molar refractivity (Wildman–Crippen MR) is 91.2 cm³/mol. The zero-order chi connectivity index (χ0) is 19.0. The number of aliphatic hydroxyl groups is 1. The molecule has 1 fully saturated rings. The Morgan fingerprint density at radius 1 is 1.33 bits per heavy atom. The third kappa shape index (κ3) is 3.66. The van der Waals surface area contributed by atoms with Gasteiger partial charge in [-0.15, -0.1) is 10.2 Å². The minimum Gasteiger partial charge on any atom is -0.422 e. The minimum absolute atomic E-state index is 0.111. The van der Waals surface area contributed by atoms with Gasteiger partial charge in [0.1, 0.15) is 17.6 Å². The van der Waals surface area contributed by atoms with Crippen LogP contribution in [0.1, 0.15) is 60.5 Å². The molecule has 3 aromatic rings. The van der Waals surface area contributed by atoms with E-state index in [2.05, 4.69) is 15.4 Å². The molecule has 1 aliphatic rings. The second kappa shape index (κ2) is 7.03. The first-order chi connectivity index (χ1) is 13.0. The van der Waals surface area contributed by atoms with Crippen molar-refractivity contribution in [3.8, 4) is 11.3 Å². The van der Waals surface area contributed by atoms with Crippen molar-refractivity contribution in [1.29, 1.82) is 0 Å². The third-order valence-electron chi connectivity index (χ3n) is 4.78. The second-order valence-corrected chi connectivity index (χ2v) is 6.90. The number of rotatable bonds is 6. The first-order valence-electron chi connectivity index (χ1n) is 8.77. The highest BCUT2D eigenvalue weighted by Gasteiger charge is 2.36. The van der Waals surface area contributed by atoms with Gasteiger partial charge in [0.05, 0.1) is 0 Å². The van der Waals surface area contributed by atoms with Crippen molar-refractivity contribution >= 4 is 5.78 Å². The zero-order valence-electron chi connectivity index (χ0n) is 14.6. The molecule has 1 N–H and O–H groups in total. The average Bonchev–Trinajstić information content (AvgIpc) is 3.27. The largest absolute Gasteiger partial charge is 0.422 e. The molecular weight excluding hydrogens is 353 g/mol. The number of aliphatic hydroxyl groups excluding tert-OH is 1. The standard InChI is InChI=1S/C19H18FN3O4/c1-10(24)18-21-22-19(26-18)13-5-11(6-13)7-16(25)15-9-17(27-23-15)12-3-2-4-14(20)8-12/h2-4,8-11,13,24H,5-7H2,1H3/t10-,11?,13?/m1/s1. The number of hydrogen-bond donors (Lipinski definition) is 1. The van der Waals surface area contributed by atoms with E-state index in [1.165, 1.54) is 12.1 Å².